The van der Waals surface area contributed by atoms with Gasteiger partial charge in [0.1, 0.15) is 29.3 Å². The molecule has 0 spiro atoms. The van der Waals surface area contributed by atoms with Crippen LogP contribution in [0, 0.1) is 0 Å². The second-order valence-corrected chi connectivity index (χ2v) is 6.79. The summed E-state index contributed by atoms with van der Waals surface area (Å²) in [6.07, 6.45) is 1.38. The molecule has 1 aromatic heterocycles. The van der Waals surface area contributed by atoms with Gasteiger partial charge in [0.15, 0.2) is 0 Å². The minimum absolute atomic E-state index is 0.222. The first-order valence-corrected chi connectivity index (χ1v) is 9.26. The molecular formula is C24H16N2O4. The van der Waals surface area contributed by atoms with E-state index in [1.807, 2.05) is 48.5 Å². The Bertz CT molecular complexity index is 1280. The molecule has 0 bridgehead atoms. The average molecular weight is 396 g/mol. The number of ether oxygens (including phenoxy) is 2. The van der Waals surface area contributed by atoms with E-state index in [1.165, 1.54) is 6.33 Å². The van der Waals surface area contributed by atoms with E-state index in [1.54, 1.807) is 30.3 Å². The van der Waals surface area contributed by atoms with Crippen LogP contribution in [-0.4, -0.2) is 20.2 Å². The van der Waals surface area contributed by atoms with Gasteiger partial charge >= 0.3 is 0 Å². The number of aromatic hydroxyl groups is 2. The summed E-state index contributed by atoms with van der Waals surface area (Å²) in [5.41, 5.74) is 0. The fraction of sp³-hybridized carbons (Fsp3) is 0. The molecule has 0 aliphatic carbocycles. The predicted octanol–water partition coefficient (Wildman–Crippen LogP) is 5.78. The molecule has 0 amide bonds. The topological polar surface area (TPSA) is 84.7 Å². The maximum Gasteiger partial charge on any atom is 0.226 e. The summed E-state index contributed by atoms with van der Waals surface area (Å²) in [5, 5.41) is 22.9. The predicted molar refractivity (Wildman–Crippen MR) is 113 cm³/mol. The van der Waals surface area contributed by atoms with Crippen molar-refractivity contribution in [3.05, 3.63) is 85.2 Å². The fourth-order valence-electron chi connectivity index (χ4n) is 3.23. The quantitative estimate of drug-likeness (QED) is 0.401. The first-order valence-electron chi connectivity index (χ1n) is 9.26. The molecule has 0 saturated carbocycles. The van der Waals surface area contributed by atoms with Crippen molar-refractivity contribution in [2.45, 2.75) is 0 Å². The van der Waals surface area contributed by atoms with E-state index in [9.17, 15) is 10.2 Å². The molecule has 0 aliphatic heterocycles. The molecule has 0 unspecified atom stereocenters. The number of rotatable bonds is 4. The van der Waals surface area contributed by atoms with Gasteiger partial charge < -0.3 is 19.7 Å². The van der Waals surface area contributed by atoms with E-state index in [-0.39, 0.29) is 11.5 Å². The van der Waals surface area contributed by atoms with E-state index in [0.717, 1.165) is 21.5 Å². The Hall–Kier alpha value is -4.32. The number of hydrogen-bond donors (Lipinski definition) is 2. The van der Waals surface area contributed by atoms with Crippen molar-refractivity contribution in [1.29, 1.82) is 0 Å². The molecular weight excluding hydrogens is 380 g/mol. The molecule has 0 aliphatic rings. The summed E-state index contributed by atoms with van der Waals surface area (Å²) in [7, 11) is 0. The van der Waals surface area contributed by atoms with Crippen LogP contribution in [-0.2, 0) is 0 Å². The van der Waals surface area contributed by atoms with Crippen LogP contribution in [0.15, 0.2) is 85.2 Å². The third-order valence-corrected chi connectivity index (χ3v) is 4.65. The van der Waals surface area contributed by atoms with E-state index >= 15 is 0 Å². The minimum atomic E-state index is 0.222. The van der Waals surface area contributed by atoms with E-state index in [0.29, 0.717) is 23.3 Å². The van der Waals surface area contributed by atoms with Gasteiger partial charge in [0.05, 0.1) is 6.07 Å². The van der Waals surface area contributed by atoms with Crippen molar-refractivity contribution >= 4 is 21.5 Å². The Labute approximate surface area is 171 Å². The number of fused-ring (bicyclic) bond motifs is 2. The standard InChI is InChI=1S/C24H16N2O4/c27-19-5-1-17-11-21(7-3-15(17)9-19)29-23-13-24(26-14-25-23)30-22-8-4-16-10-20(28)6-2-18(16)12-22/h1-14,27-28H. The van der Waals surface area contributed by atoms with Gasteiger partial charge in [0.2, 0.25) is 11.8 Å². The normalized spacial score (nSPS) is 10.9. The van der Waals surface area contributed by atoms with Crippen LogP contribution < -0.4 is 9.47 Å². The molecule has 5 aromatic rings. The highest BCUT2D eigenvalue weighted by molar-refractivity contribution is 5.86. The number of aromatic nitrogens is 2. The van der Waals surface area contributed by atoms with E-state index < -0.39 is 0 Å². The molecule has 1 heterocycles. The highest BCUT2D eigenvalue weighted by Crippen LogP contribution is 2.30. The summed E-state index contributed by atoms with van der Waals surface area (Å²) in [6, 6.07) is 23.0. The second kappa shape index (κ2) is 7.25. The first-order chi connectivity index (χ1) is 14.6. The Morgan fingerprint density at radius 1 is 0.500 bits per heavy atom. The Balaban J connectivity index is 1.37. The number of nitrogens with zero attached hydrogens (tertiary/aromatic N) is 2. The SMILES string of the molecule is Oc1ccc2cc(Oc3cc(Oc4ccc5cc(O)ccc5c4)ncn3)ccc2c1. The Morgan fingerprint density at radius 2 is 0.933 bits per heavy atom. The zero-order valence-corrected chi connectivity index (χ0v) is 15.7. The van der Waals surface area contributed by atoms with Crippen LogP contribution in [0.5, 0.6) is 34.8 Å². The average Bonchev–Trinajstić information content (AvgIpc) is 2.74. The van der Waals surface area contributed by atoms with Crippen LogP contribution in [0.2, 0.25) is 0 Å². The maximum atomic E-state index is 9.58. The molecule has 0 saturated heterocycles. The van der Waals surface area contributed by atoms with Gasteiger partial charge in [-0.25, -0.2) is 9.97 Å². The molecule has 6 heteroatoms. The lowest BCUT2D eigenvalue weighted by molar-refractivity contribution is 0.434. The number of phenols is 2. The van der Waals surface area contributed by atoms with Crippen LogP contribution in [0.3, 0.4) is 0 Å². The summed E-state index contributed by atoms with van der Waals surface area (Å²) in [4.78, 5) is 8.30. The number of phenolic OH excluding ortho intramolecular Hbond substituents is 2. The van der Waals surface area contributed by atoms with Crippen molar-refractivity contribution in [3.8, 4) is 34.8 Å². The summed E-state index contributed by atoms with van der Waals surface area (Å²) < 4.78 is 11.7. The van der Waals surface area contributed by atoms with Crippen molar-refractivity contribution in [2.24, 2.45) is 0 Å². The van der Waals surface area contributed by atoms with Gasteiger partial charge in [-0.2, -0.15) is 0 Å². The van der Waals surface area contributed by atoms with Gasteiger partial charge in [-0.1, -0.05) is 24.3 Å². The van der Waals surface area contributed by atoms with Crippen molar-refractivity contribution in [3.63, 3.8) is 0 Å². The van der Waals surface area contributed by atoms with Crippen LogP contribution in [0.1, 0.15) is 0 Å². The summed E-state index contributed by atoms with van der Waals surface area (Å²) in [5.74, 6) is 2.37. The molecule has 0 fully saturated rings. The highest BCUT2D eigenvalue weighted by Gasteiger charge is 2.06. The number of benzene rings is 4. The smallest absolute Gasteiger partial charge is 0.226 e. The summed E-state index contributed by atoms with van der Waals surface area (Å²) >= 11 is 0. The third-order valence-electron chi connectivity index (χ3n) is 4.65. The second-order valence-electron chi connectivity index (χ2n) is 6.79. The van der Waals surface area contributed by atoms with E-state index in [4.69, 9.17) is 9.47 Å². The lowest BCUT2D eigenvalue weighted by atomic mass is 10.1. The molecule has 0 radical (unpaired) electrons. The molecule has 0 atom stereocenters. The van der Waals surface area contributed by atoms with Crippen molar-refractivity contribution in [2.75, 3.05) is 0 Å². The number of hydrogen-bond acceptors (Lipinski definition) is 6. The zero-order valence-electron chi connectivity index (χ0n) is 15.7. The van der Waals surface area contributed by atoms with Crippen molar-refractivity contribution < 1.29 is 19.7 Å². The lowest BCUT2D eigenvalue weighted by Gasteiger charge is -2.09. The monoisotopic (exact) mass is 396 g/mol. The molecule has 6 nitrogen and oxygen atoms in total. The highest BCUT2D eigenvalue weighted by atomic mass is 16.5. The molecule has 5 rings (SSSR count). The van der Waals surface area contributed by atoms with Gasteiger partial charge in [0.25, 0.3) is 0 Å². The zero-order chi connectivity index (χ0) is 20.5. The largest absolute Gasteiger partial charge is 0.508 e. The third kappa shape index (κ3) is 3.66. The summed E-state index contributed by atoms with van der Waals surface area (Å²) in [6.45, 7) is 0. The fourth-order valence-corrected chi connectivity index (χ4v) is 3.23. The first kappa shape index (κ1) is 17.8. The molecule has 30 heavy (non-hydrogen) atoms. The van der Waals surface area contributed by atoms with Gasteiger partial charge in [-0.3, -0.25) is 0 Å². The van der Waals surface area contributed by atoms with Crippen LogP contribution >= 0.6 is 0 Å². The van der Waals surface area contributed by atoms with E-state index in [2.05, 4.69) is 9.97 Å². The van der Waals surface area contributed by atoms with Gasteiger partial charge in [0, 0.05) is 0 Å². The lowest BCUT2D eigenvalue weighted by Crippen LogP contribution is -1.93. The minimum Gasteiger partial charge on any atom is -0.508 e. The van der Waals surface area contributed by atoms with Crippen LogP contribution in [0.4, 0.5) is 0 Å². The molecule has 146 valence electrons. The van der Waals surface area contributed by atoms with Gasteiger partial charge in [-0.05, 0) is 70.1 Å². The van der Waals surface area contributed by atoms with Crippen LogP contribution in [0.25, 0.3) is 21.5 Å². The Kier molecular flexibility index (Phi) is 4.29. The molecule has 4 aromatic carbocycles. The molecule has 2 N–H and O–H groups in total. The van der Waals surface area contributed by atoms with Crippen molar-refractivity contribution in [1.82, 2.24) is 9.97 Å². The van der Waals surface area contributed by atoms with Gasteiger partial charge in [-0.15, -0.1) is 0 Å². The Morgan fingerprint density at radius 3 is 1.43 bits per heavy atom. The maximum absolute atomic E-state index is 9.58.